The molecule has 0 fully saturated rings. The van der Waals surface area contributed by atoms with Crippen LogP contribution in [0.3, 0.4) is 0 Å². The third-order valence-electron chi connectivity index (χ3n) is 5.28. The zero-order chi connectivity index (χ0) is 27.1. The zero-order valence-corrected chi connectivity index (χ0v) is 21.2. The molecule has 0 saturated heterocycles. The number of methoxy groups -OCH3 is 2. The van der Waals surface area contributed by atoms with E-state index < -0.39 is 12.5 Å². The van der Waals surface area contributed by atoms with Gasteiger partial charge in [-0.2, -0.15) is 8.78 Å². The van der Waals surface area contributed by atoms with Crippen LogP contribution in [0.15, 0.2) is 83.5 Å². The highest BCUT2D eigenvalue weighted by Gasteiger charge is 2.32. The highest BCUT2D eigenvalue weighted by Crippen LogP contribution is 2.31. The molecule has 4 rings (SSSR count). The minimum Gasteiger partial charge on any atom is -0.497 e. The van der Waals surface area contributed by atoms with E-state index in [9.17, 15) is 18.4 Å². The summed E-state index contributed by atoms with van der Waals surface area (Å²) in [6, 6.07) is 19.7. The number of amidine groups is 1. The third-order valence-corrected chi connectivity index (χ3v) is 6.22. The highest BCUT2D eigenvalue weighted by atomic mass is 32.2. The summed E-state index contributed by atoms with van der Waals surface area (Å²) in [6.45, 7) is -2.97. The van der Waals surface area contributed by atoms with Crippen LogP contribution in [-0.2, 0) is 9.59 Å². The summed E-state index contributed by atoms with van der Waals surface area (Å²) >= 11 is 1.06. The van der Waals surface area contributed by atoms with E-state index in [-0.39, 0.29) is 28.3 Å². The summed E-state index contributed by atoms with van der Waals surface area (Å²) in [4.78, 5) is 31.8. The summed E-state index contributed by atoms with van der Waals surface area (Å²) < 4.78 is 40.0. The Bertz CT molecular complexity index is 1360. The number of halogens is 2. The first-order valence-corrected chi connectivity index (χ1v) is 12.3. The molecule has 0 bridgehead atoms. The summed E-state index contributed by atoms with van der Waals surface area (Å²) in [5, 5.41) is 3.04. The van der Waals surface area contributed by atoms with Crippen molar-refractivity contribution in [3.8, 4) is 17.2 Å². The molecule has 0 aliphatic carbocycles. The lowest BCUT2D eigenvalue weighted by Crippen LogP contribution is -2.31. The molecule has 38 heavy (non-hydrogen) atoms. The van der Waals surface area contributed by atoms with E-state index in [1.165, 1.54) is 36.3 Å². The number of hydrogen-bond donors (Lipinski definition) is 1. The maximum atomic E-state index is 13.4. The number of para-hydroxylation sites is 2. The minimum absolute atomic E-state index is 0.0493. The summed E-state index contributed by atoms with van der Waals surface area (Å²) in [5.41, 5.74) is 1.76. The van der Waals surface area contributed by atoms with Gasteiger partial charge in [-0.25, -0.2) is 4.99 Å². The number of nitrogens with zero attached hydrogens (tertiary/aromatic N) is 2. The van der Waals surface area contributed by atoms with Crippen LogP contribution >= 0.6 is 11.8 Å². The Morgan fingerprint density at radius 1 is 1.00 bits per heavy atom. The molecule has 0 aromatic heterocycles. The fourth-order valence-corrected chi connectivity index (χ4v) is 4.33. The first kappa shape index (κ1) is 26.7. The van der Waals surface area contributed by atoms with E-state index in [1.54, 1.807) is 61.7 Å². The minimum atomic E-state index is -2.97. The van der Waals surface area contributed by atoms with Crippen molar-refractivity contribution in [1.82, 2.24) is 0 Å². The lowest BCUT2D eigenvalue weighted by Gasteiger charge is -2.18. The molecular formula is C27H23F2N3O5S. The number of carbonyl (C=O) groups excluding carboxylic acids is 2. The molecular weight excluding hydrogens is 516 g/mol. The summed E-state index contributed by atoms with van der Waals surface area (Å²) in [5.74, 6) is 0.309. The van der Waals surface area contributed by atoms with Gasteiger partial charge in [0.15, 0.2) is 5.17 Å². The molecule has 11 heteroatoms. The van der Waals surface area contributed by atoms with Gasteiger partial charge in [-0.3, -0.25) is 14.5 Å². The molecule has 196 valence electrons. The summed E-state index contributed by atoms with van der Waals surface area (Å²) in [6.07, 6.45) is 1.62. The number of benzene rings is 3. The number of anilines is 2. The van der Waals surface area contributed by atoms with Gasteiger partial charge in [-0.1, -0.05) is 36.0 Å². The average molecular weight is 540 g/mol. The average Bonchev–Trinajstić information content (AvgIpc) is 3.23. The number of nitrogens with one attached hydrogen (secondary N) is 1. The molecule has 0 radical (unpaired) electrons. The molecule has 1 N–H and O–H groups in total. The number of alkyl halides is 2. The van der Waals surface area contributed by atoms with Crippen LogP contribution in [0.25, 0.3) is 6.08 Å². The quantitative estimate of drug-likeness (QED) is 0.365. The second kappa shape index (κ2) is 12.2. The van der Waals surface area contributed by atoms with Crippen molar-refractivity contribution >= 4 is 46.2 Å². The van der Waals surface area contributed by atoms with Gasteiger partial charge in [0.05, 0.1) is 31.3 Å². The molecule has 8 nitrogen and oxygen atoms in total. The van der Waals surface area contributed by atoms with E-state index in [0.29, 0.717) is 22.9 Å². The van der Waals surface area contributed by atoms with Crippen molar-refractivity contribution in [1.29, 1.82) is 0 Å². The van der Waals surface area contributed by atoms with Gasteiger partial charge in [0.25, 0.3) is 5.91 Å². The highest BCUT2D eigenvalue weighted by molar-refractivity contribution is 8.14. The lowest BCUT2D eigenvalue weighted by atomic mass is 10.2. The maximum absolute atomic E-state index is 13.4. The molecule has 1 aliphatic heterocycles. The van der Waals surface area contributed by atoms with Crippen LogP contribution in [-0.4, -0.2) is 43.6 Å². The standard InChI is InChI=1S/C27H23F2N3O5S/c1-35-19-11-7-17(8-12-19)15-22-25(34)32(18-9-13-20(14-10-18)37-26(28)29)27(31-22)38-16-24(33)30-21-5-3-4-6-23(21)36-2/h3-15,26H,16H2,1-2H3,(H,30,33)/b22-15-. The Morgan fingerprint density at radius 3 is 2.34 bits per heavy atom. The van der Waals surface area contributed by atoms with Gasteiger partial charge in [0.2, 0.25) is 5.91 Å². The van der Waals surface area contributed by atoms with Crippen LogP contribution in [0.2, 0.25) is 0 Å². The second-order valence-corrected chi connectivity index (χ2v) is 8.69. The van der Waals surface area contributed by atoms with Crippen LogP contribution in [0.1, 0.15) is 5.56 Å². The Labute approximate surface area is 221 Å². The first-order valence-electron chi connectivity index (χ1n) is 11.3. The number of rotatable bonds is 9. The number of hydrogen-bond acceptors (Lipinski definition) is 7. The summed E-state index contributed by atoms with van der Waals surface area (Å²) in [7, 11) is 3.06. The van der Waals surface area contributed by atoms with Gasteiger partial charge >= 0.3 is 6.61 Å². The molecule has 0 spiro atoms. The van der Waals surface area contributed by atoms with Crippen molar-refractivity contribution < 1.29 is 32.6 Å². The Morgan fingerprint density at radius 2 is 1.68 bits per heavy atom. The molecule has 0 unspecified atom stereocenters. The van der Waals surface area contributed by atoms with Gasteiger partial charge in [0.1, 0.15) is 22.9 Å². The SMILES string of the molecule is COc1ccc(/C=C2\N=C(SCC(=O)Nc3ccccc3OC)N(c3ccc(OC(F)F)cc3)C2=O)cc1. The normalized spacial score (nSPS) is 14.0. The predicted octanol–water partition coefficient (Wildman–Crippen LogP) is 5.42. The van der Waals surface area contributed by atoms with Crippen molar-refractivity contribution in [2.24, 2.45) is 4.99 Å². The second-order valence-electron chi connectivity index (χ2n) is 7.75. The Kier molecular flexibility index (Phi) is 8.59. The van der Waals surface area contributed by atoms with E-state index in [2.05, 4.69) is 15.0 Å². The number of amides is 2. The van der Waals surface area contributed by atoms with E-state index in [4.69, 9.17) is 9.47 Å². The molecule has 3 aromatic carbocycles. The van der Waals surface area contributed by atoms with Crippen LogP contribution in [0, 0.1) is 0 Å². The molecule has 3 aromatic rings. The number of aliphatic imine (C=N–C) groups is 1. The number of carbonyl (C=O) groups is 2. The zero-order valence-electron chi connectivity index (χ0n) is 20.4. The molecule has 1 aliphatic rings. The number of ether oxygens (including phenoxy) is 3. The van der Waals surface area contributed by atoms with E-state index >= 15 is 0 Å². The lowest BCUT2D eigenvalue weighted by molar-refractivity contribution is -0.114. The van der Waals surface area contributed by atoms with Crippen molar-refractivity contribution in [3.63, 3.8) is 0 Å². The van der Waals surface area contributed by atoms with E-state index in [0.717, 1.165) is 17.3 Å². The van der Waals surface area contributed by atoms with Crippen molar-refractivity contribution in [2.75, 3.05) is 30.2 Å². The van der Waals surface area contributed by atoms with Crippen LogP contribution < -0.4 is 24.4 Å². The topological polar surface area (TPSA) is 89.5 Å². The fourth-order valence-electron chi connectivity index (χ4n) is 3.52. The van der Waals surface area contributed by atoms with Gasteiger partial charge in [0, 0.05) is 0 Å². The largest absolute Gasteiger partial charge is 0.497 e. The Hall–Kier alpha value is -4.38. The molecule has 0 atom stereocenters. The smallest absolute Gasteiger partial charge is 0.387 e. The molecule has 1 heterocycles. The molecule has 0 saturated carbocycles. The third kappa shape index (κ3) is 6.48. The first-order chi connectivity index (χ1) is 18.4. The maximum Gasteiger partial charge on any atom is 0.387 e. The number of thioether (sulfide) groups is 1. The molecule has 2 amide bonds. The fraction of sp³-hybridized carbons (Fsp3) is 0.148. The van der Waals surface area contributed by atoms with Crippen LogP contribution in [0.5, 0.6) is 17.2 Å². The van der Waals surface area contributed by atoms with Crippen molar-refractivity contribution in [3.05, 3.63) is 84.1 Å². The van der Waals surface area contributed by atoms with Crippen LogP contribution in [0.4, 0.5) is 20.2 Å². The monoisotopic (exact) mass is 539 g/mol. The Balaban J connectivity index is 1.57. The van der Waals surface area contributed by atoms with Gasteiger partial charge in [-0.15, -0.1) is 0 Å². The van der Waals surface area contributed by atoms with E-state index in [1.807, 2.05) is 0 Å². The van der Waals surface area contributed by atoms with Gasteiger partial charge < -0.3 is 19.5 Å². The van der Waals surface area contributed by atoms with Crippen molar-refractivity contribution in [2.45, 2.75) is 6.61 Å². The predicted molar refractivity (Wildman–Crippen MR) is 143 cm³/mol. The van der Waals surface area contributed by atoms with Gasteiger partial charge in [-0.05, 0) is 60.2 Å².